The highest BCUT2D eigenvalue weighted by atomic mass is 32.1. The quantitative estimate of drug-likeness (QED) is 0.758. The monoisotopic (exact) mass is 322 g/mol. The largest absolute Gasteiger partial charge is 0.383 e. The van der Waals surface area contributed by atoms with Crippen LogP contribution in [0.3, 0.4) is 0 Å². The van der Waals surface area contributed by atoms with E-state index in [0.29, 0.717) is 12.1 Å². The number of aliphatic hydroxyl groups is 1. The van der Waals surface area contributed by atoms with Crippen LogP contribution in [0.5, 0.6) is 0 Å². The standard InChI is InChI=1S/C15H22N4O2S/c1-11(13-5-4-6-22-13)7-16-14(20)17-10-15(2,21)12-8-18-19(3)9-12/h4-6,8-9,11,21H,7,10H2,1-3H3,(H2,16,17,20)/t11-,15+/m0/s1. The molecule has 2 rings (SSSR count). The van der Waals surface area contributed by atoms with E-state index in [1.54, 1.807) is 42.4 Å². The summed E-state index contributed by atoms with van der Waals surface area (Å²) in [6.45, 7) is 4.40. The molecule has 22 heavy (non-hydrogen) atoms. The summed E-state index contributed by atoms with van der Waals surface area (Å²) >= 11 is 1.68. The Bertz CT molecular complexity index is 607. The maximum Gasteiger partial charge on any atom is 0.314 e. The fraction of sp³-hybridized carbons (Fsp3) is 0.467. The first-order valence-corrected chi connectivity index (χ1v) is 8.03. The molecule has 0 saturated heterocycles. The summed E-state index contributed by atoms with van der Waals surface area (Å²) in [5.74, 6) is 0.268. The molecule has 2 aromatic heterocycles. The van der Waals surface area contributed by atoms with Gasteiger partial charge in [-0.25, -0.2) is 4.79 Å². The van der Waals surface area contributed by atoms with Crippen LogP contribution < -0.4 is 10.6 Å². The number of hydrogen-bond acceptors (Lipinski definition) is 4. The summed E-state index contributed by atoms with van der Waals surface area (Å²) in [5.41, 5.74) is -0.479. The number of nitrogens with one attached hydrogen (secondary N) is 2. The molecule has 0 aliphatic heterocycles. The van der Waals surface area contributed by atoms with Crippen molar-refractivity contribution in [3.63, 3.8) is 0 Å². The van der Waals surface area contributed by atoms with Gasteiger partial charge < -0.3 is 15.7 Å². The Hall–Kier alpha value is -1.86. The molecule has 0 aliphatic carbocycles. The van der Waals surface area contributed by atoms with Gasteiger partial charge in [0.2, 0.25) is 0 Å². The van der Waals surface area contributed by atoms with Gasteiger partial charge in [0.15, 0.2) is 0 Å². The molecule has 2 atom stereocenters. The Balaban J connectivity index is 1.77. The van der Waals surface area contributed by atoms with Crippen LogP contribution in [0.25, 0.3) is 0 Å². The molecular formula is C15H22N4O2S. The average Bonchev–Trinajstić information content (AvgIpc) is 3.14. The minimum atomic E-state index is -1.15. The maximum atomic E-state index is 11.8. The Morgan fingerprint density at radius 3 is 2.91 bits per heavy atom. The Morgan fingerprint density at radius 1 is 1.55 bits per heavy atom. The zero-order valence-electron chi connectivity index (χ0n) is 13.0. The van der Waals surface area contributed by atoms with E-state index >= 15 is 0 Å². The Labute approximate surface area is 134 Å². The molecule has 7 heteroatoms. The van der Waals surface area contributed by atoms with Gasteiger partial charge in [0.05, 0.1) is 12.7 Å². The van der Waals surface area contributed by atoms with Gasteiger partial charge in [0, 0.05) is 36.1 Å². The lowest BCUT2D eigenvalue weighted by atomic mass is 10.00. The van der Waals surface area contributed by atoms with E-state index < -0.39 is 5.60 Å². The second-order valence-electron chi connectivity index (χ2n) is 5.66. The molecule has 0 unspecified atom stereocenters. The van der Waals surface area contributed by atoms with Crippen molar-refractivity contribution in [3.05, 3.63) is 40.3 Å². The van der Waals surface area contributed by atoms with Crippen molar-refractivity contribution in [2.45, 2.75) is 25.4 Å². The lowest BCUT2D eigenvalue weighted by molar-refractivity contribution is 0.0593. The number of hydrogen-bond donors (Lipinski definition) is 3. The van der Waals surface area contributed by atoms with Gasteiger partial charge in [-0.05, 0) is 18.4 Å². The molecule has 0 spiro atoms. The number of nitrogens with zero attached hydrogens (tertiary/aromatic N) is 2. The minimum absolute atomic E-state index is 0.123. The van der Waals surface area contributed by atoms with E-state index in [0.717, 1.165) is 0 Å². The summed E-state index contributed by atoms with van der Waals surface area (Å²) in [6.07, 6.45) is 3.33. The van der Waals surface area contributed by atoms with Crippen LogP contribution in [0, 0.1) is 0 Å². The summed E-state index contributed by atoms with van der Waals surface area (Å²) in [4.78, 5) is 13.1. The van der Waals surface area contributed by atoms with Crippen LogP contribution in [0.2, 0.25) is 0 Å². The van der Waals surface area contributed by atoms with Gasteiger partial charge in [0.25, 0.3) is 0 Å². The lowest BCUT2D eigenvalue weighted by Crippen LogP contribution is -2.44. The molecule has 3 N–H and O–H groups in total. The second kappa shape index (κ2) is 6.93. The van der Waals surface area contributed by atoms with E-state index in [1.807, 2.05) is 11.4 Å². The highest BCUT2D eigenvalue weighted by molar-refractivity contribution is 7.10. The summed E-state index contributed by atoms with van der Waals surface area (Å²) < 4.78 is 1.62. The van der Waals surface area contributed by atoms with E-state index in [2.05, 4.69) is 28.7 Å². The van der Waals surface area contributed by atoms with Gasteiger partial charge in [-0.15, -0.1) is 11.3 Å². The van der Waals surface area contributed by atoms with Crippen LogP contribution in [0.4, 0.5) is 4.79 Å². The van der Waals surface area contributed by atoms with E-state index in [-0.39, 0.29) is 18.5 Å². The van der Waals surface area contributed by atoms with Crippen molar-refractivity contribution in [2.24, 2.45) is 7.05 Å². The van der Waals surface area contributed by atoms with Crippen molar-refractivity contribution in [1.82, 2.24) is 20.4 Å². The van der Waals surface area contributed by atoms with Crippen molar-refractivity contribution in [1.29, 1.82) is 0 Å². The second-order valence-corrected chi connectivity index (χ2v) is 6.64. The third kappa shape index (κ3) is 4.32. The topological polar surface area (TPSA) is 79.2 Å². The van der Waals surface area contributed by atoms with Crippen LogP contribution in [0.1, 0.15) is 30.2 Å². The Kier molecular flexibility index (Phi) is 5.20. The SMILES string of the molecule is C[C@@H](CNC(=O)NC[C@@](C)(O)c1cnn(C)c1)c1cccs1. The molecule has 0 aromatic carbocycles. The number of rotatable bonds is 6. The molecule has 0 radical (unpaired) electrons. The normalized spacial score (nSPS) is 15.1. The maximum absolute atomic E-state index is 11.8. The van der Waals surface area contributed by atoms with Gasteiger partial charge >= 0.3 is 6.03 Å². The zero-order chi connectivity index (χ0) is 16.2. The van der Waals surface area contributed by atoms with Crippen LogP contribution in [-0.2, 0) is 12.6 Å². The zero-order valence-corrected chi connectivity index (χ0v) is 13.9. The number of carbonyl (C=O) groups excluding carboxylic acids is 1. The molecule has 2 aromatic rings. The predicted molar refractivity (Wildman–Crippen MR) is 86.9 cm³/mol. The first kappa shape index (κ1) is 16.5. The summed E-state index contributed by atoms with van der Waals surface area (Å²) in [6, 6.07) is 3.77. The molecule has 0 bridgehead atoms. The van der Waals surface area contributed by atoms with Gasteiger partial charge in [-0.1, -0.05) is 13.0 Å². The molecule has 6 nitrogen and oxygen atoms in total. The number of thiophene rings is 1. The molecular weight excluding hydrogens is 300 g/mol. The fourth-order valence-corrected chi connectivity index (χ4v) is 2.82. The van der Waals surface area contributed by atoms with Crippen molar-refractivity contribution < 1.29 is 9.90 Å². The summed E-state index contributed by atoms with van der Waals surface area (Å²) in [7, 11) is 1.78. The summed E-state index contributed by atoms with van der Waals surface area (Å²) in [5, 5.41) is 22.0. The highest BCUT2D eigenvalue weighted by Crippen LogP contribution is 2.20. The van der Waals surface area contributed by atoms with Gasteiger partial charge in [0.1, 0.15) is 5.60 Å². The molecule has 0 aliphatic rings. The number of aromatic nitrogens is 2. The average molecular weight is 322 g/mol. The van der Waals surface area contributed by atoms with E-state index in [1.165, 1.54) is 4.88 Å². The highest BCUT2D eigenvalue weighted by Gasteiger charge is 2.25. The Morgan fingerprint density at radius 2 is 2.32 bits per heavy atom. The van der Waals surface area contributed by atoms with Crippen LogP contribution in [0.15, 0.2) is 29.9 Å². The lowest BCUT2D eigenvalue weighted by Gasteiger charge is -2.22. The first-order valence-electron chi connectivity index (χ1n) is 7.15. The van der Waals surface area contributed by atoms with Gasteiger partial charge in [-0.3, -0.25) is 4.68 Å². The minimum Gasteiger partial charge on any atom is -0.383 e. The molecule has 2 heterocycles. The first-order chi connectivity index (χ1) is 10.4. The predicted octanol–water partition coefficient (Wildman–Crippen LogP) is 1.79. The van der Waals surface area contributed by atoms with Crippen molar-refractivity contribution in [2.75, 3.05) is 13.1 Å². The van der Waals surface area contributed by atoms with Gasteiger partial charge in [-0.2, -0.15) is 5.10 Å². The number of amides is 2. The third-order valence-corrected chi connectivity index (χ3v) is 4.62. The van der Waals surface area contributed by atoms with Crippen LogP contribution in [-0.4, -0.2) is 34.0 Å². The van der Waals surface area contributed by atoms with Crippen molar-refractivity contribution in [3.8, 4) is 0 Å². The van der Waals surface area contributed by atoms with E-state index in [9.17, 15) is 9.90 Å². The smallest absolute Gasteiger partial charge is 0.314 e. The van der Waals surface area contributed by atoms with Crippen LogP contribution >= 0.6 is 11.3 Å². The van der Waals surface area contributed by atoms with E-state index in [4.69, 9.17) is 0 Å². The molecule has 0 saturated carbocycles. The molecule has 0 fully saturated rings. The third-order valence-electron chi connectivity index (χ3n) is 3.52. The fourth-order valence-electron chi connectivity index (χ4n) is 2.03. The molecule has 2 amide bonds. The van der Waals surface area contributed by atoms with Crippen molar-refractivity contribution >= 4 is 17.4 Å². The number of urea groups is 1. The molecule has 120 valence electrons. The number of carbonyl (C=O) groups is 1. The number of aryl methyl sites for hydroxylation is 1.